The molecule has 0 aliphatic rings. The van der Waals surface area contributed by atoms with Gasteiger partial charge in [0.1, 0.15) is 0 Å². The molecule has 3 nitrogen and oxygen atoms in total. The summed E-state index contributed by atoms with van der Waals surface area (Å²) >= 11 is 0. The van der Waals surface area contributed by atoms with Gasteiger partial charge in [0.15, 0.2) is 0 Å². The molecule has 0 aliphatic carbocycles. The largest absolute Gasteiger partial charge is 0.286 e. The lowest BCUT2D eigenvalue weighted by Gasteiger charge is -2.39. The van der Waals surface area contributed by atoms with E-state index in [1.807, 2.05) is 0 Å². The average molecular weight is 292 g/mol. The minimum absolute atomic E-state index is 0.115. The summed E-state index contributed by atoms with van der Waals surface area (Å²) in [5.74, 6) is 0.379. The molecule has 1 unspecified atom stereocenters. The maximum Gasteiger partial charge on any atom is 0.264 e. The molecule has 0 amide bonds. The van der Waals surface area contributed by atoms with Crippen LogP contribution in [0, 0.1) is 16.7 Å². The minimum atomic E-state index is -3.82. The van der Waals surface area contributed by atoms with Crippen LogP contribution in [0.25, 0.3) is 0 Å². The van der Waals surface area contributed by atoms with Gasteiger partial charge in [-0.2, -0.15) is 8.42 Å². The normalized spacial score (nSPS) is 15.5. The molecule has 19 heavy (non-hydrogen) atoms. The van der Waals surface area contributed by atoms with Gasteiger partial charge in [0, 0.05) is 0 Å². The molecule has 0 rings (SSSR count). The topological polar surface area (TPSA) is 54.4 Å². The number of hydrogen-bond donors (Lipinski definition) is 1. The Kier molecular flexibility index (Phi) is 7.04. The van der Waals surface area contributed by atoms with Gasteiger partial charge < -0.3 is 0 Å². The Labute approximate surface area is 119 Å². The van der Waals surface area contributed by atoms with Crippen LogP contribution in [0.3, 0.4) is 0 Å². The minimum Gasteiger partial charge on any atom is -0.286 e. The quantitative estimate of drug-likeness (QED) is 0.635. The third kappa shape index (κ3) is 7.93. The highest BCUT2D eigenvalue weighted by molar-refractivity contribution is 7.85. The van der Waals surface area contributed by atoms with Gasteiger partial charge in [-0.3, -0.25) is 4.55 Å². The molecule has 0 bridgehead atoms. The summed E-state index contributed by atoms with van der Waals surface area (Å²) in [6.07, 6.45) is 4.73. The maximum atomic E-state index is 10.8. The highest BCUT2D eigenvalue weighted by Crippen LogP contribution is 2.42. The van der Waals surface area contributed by atoms with Gasteiger partial charge in [-0.25, -0.2) is 0 Å². The first-order valence-electron chi connectivity index (χ1n) is 7.38. The van der Waals surface area contributed by atoms with E-state index in [0.29, 0.717) is 12.3 Å². The monoisotopic (exact) mass is 292 g/mol. The summed E-state index contributed by atoms with van der Waals surface area (Å²) in [6.45, 7) is 13.5. The highest BCUT2D eigenvalue weighted by atomic mass is 32.2. The van der Waals surface area contributed by atoms with E-state index in [9.17, 15) is 8.42 Å². The van der Waals surface area contributed by atoms with Crippen LogP contribution in [0.4, 0.5) is 0 Å². The number of rotatable bonds is 9. The lowest BCUT2D eigenvalue weighted by Crippen LogP contribution is -2.29. The Morgan fingerprint density at radius 2 is 1.58 bits per heavy atom. The molecular weight excluding hydrogens is 260 g/mol. The summed E-state index contributed by atoms with van der Waals surface area (Å²) in [4.78, 5) is 0. The third-order valence-corrected chi connectivity index (χ3v) is 5.53. The molecule has 0 aromatic rings. The van der Waals surface area contributed by atoms with Crippen molar-refractivity contribution < 1.29 is 13.0 Å². The fourth-order valence-electron chi connectivity index (χ4n) is 2.38. The standard InChI is InChI=1S/C15H32O3S/c1-7-14(3,4)12-13(15(5,6)8-2)10-9-11-19(16,17)18/h13H,7-12H2,1-6H3,(H,16,17,18). The molecule has 1 N–H and O–H groups in total. The first kappa shape index (κ1) is 18.9. The molecule has 0 aromatic heterocycles. The molecule has 0 aliphatic heterocycles. The molecular formula is C15H32O3S. The van der Waals surface area contributed by atoms with E-state index >= 15 is 0 Å². The summed E-state index contributed by atoms with van der Waals surface area (Å²) in [6, 6.07) is 0. The van der Waals surface area contributed by atoms with Crippen LogP contribution in [0.15, 0.2) is 0 Å². The van der Waals surface area contributed by atoms with E-state index in [2.05, 4.69) is 41.5 Å². The van der Waals surface area contributed by atoms with Crippen molar-refractivity contribution in [1.82, 2.24) is 0 Å². The zero-order chi connectivity index (χ0) is 15.3. The van der Waals surface area contributed by atoms with E-state index in [-0.39, 0.29) is 16.6 Å². The molecule has 1 atom stereocenters. The Balaban J connectivity index is 4.70. The molecule has 0 saturated carbocycles. The van der Waals surface area contributed by atoms with Gasteiger partial charge in [0.05, 0.1) is 5.75 Å². The highest BCUT2D eigenvalue weighted by Gasteiger charge is 2.32. The van der Waals surface area contributed by atoms with Crippen molar-refractivity contribution >= 4 is 10.1 Å². The van der Waals surface area contributed by atoms with Crippen LogP contribution >= 0.6 is 0 Å². The Bertz CT molecular complexity index is 356. The van der Waals surface area contributed by atoms with Crippen LogP contribution in [-0.4, -0.2) is 18.7 Å². The second-order valence-corrected chi connectivity index (χ2v) is 8.76. The molecule has 0 radical (unpaired) electrons. The van der Waals surface area contributed by atoms with E-state index in [4.69, 9.17) is 4.55 Å². The van der Waals surface area contributed by atoms with Gasteiger partial charge in [-0.15, -0.1) is 0 Å². The second-order valence-electron chi connectivity index (χ2n) is 7.19. The Morgan fingerprint density at radius 1 is 1.05 bits per heavy atom. The fraction of sp³-hybridized carbons (Fsp3) is 1.00. The van der Waals surface area contributed by atoms with Crippen LogP contribution in [0.2, 0.25) is 0 Å². The van der Waals surface area contributed by atoms with Crippen molar-refractivity contribution in [3.05, 3.63) is 0 Å². The Morgan fingerprint density at radius 3 is 1.95 bits per heavy atom. The van der Waals surface area contributed by atoms with Crippen LogP contribution in [0.5, 0.6) is 0 Å². The van der Waals surface area contributed by atoms with Crippen molar-refractivity contribution in [3.63, 3.8) is 0 Å². The molecule has 0 fully saturated rings. The van der Waals surface area contributed by atoms with Crippen molar-refractivity contribution in [3.8, 4) is 0 Å². The summed E-state index contributed by atoms with van der Waals surface area (Å²) < 4.78 is 30.5. The van der Waals surface area contributed by atoms with Gasteiger partial charge in [0.25, 0.3) is 10.1 Å². The summed E-state index contributed by atoms with van der Waals surface area (Å²) in [7, 11) is -3.82. The van der Waals surface area contributed by atoms with Gasteiger partial charge in [0.2, 0.25) is 0 Å². The van der Waals surface area contributed by atoms with E-state index < -0.39 is 10.1 Å². The SMILES string of the molecule is CCC(C)(C)CC(CCCS(=O)(=O)O)C(C)(C)CC. The first-order chi connectivity index (χ1) is 8.43. The lowest BCUT2D eigenvalue weighted by molar-refractivity contribution is 0.121. The molecule has 0 spiro atoms. The zero-order valence-corrected chi connectivity index (χ0v) is 14.3. The fourth-order valence-corrected chi connectivity index (χ4v) is 2.91. The van der Waals surface area contributed by atoms with Crippen molar-refractivity contribution in [2.24, 2.45) is 16.7 Å². The molecule has 0 heterocycles. The predicted octanol–water partition coefficient (Wildman–Crippen LogP) is 4.53. The second kappa shape index (κ2) is 7.07. The van der Waals surface area contributed by atoms with Gasteiger partial charge in [-0.1, -0.05) is 54.4 Å². The zero-order valence-electron chi connectivity index (χ0n) is 13.5. The summed E-state index contributed by atoms with van der Waals surface area (Å²) in [5.41, 5.74) is 0.501. The van der Waals surface area contributed by atoms with Crippen molar-refractivity contribution in [2.45, 2.75) is 73.6 Å². The van der Waals surface area contributed by atoms with Gasteiger partial charge >= 0.3 is 0 Å². The van der Waals surface area contributed by atoms with Crippen LogP contribution in [-0.2, 0) is 10.1 Å². The lowest BCUT2D eigenvalue weighted by atomic mass is 9.67. The van der Waals surface area contributed by atoms with E-state index in [1.54, 1.807) is 0 Å². The molecule has 0 saturated heterocycles. The molecule has 116 valence electrons. The summed E-state index contributed by atoms with van der Waals surface area (Å²) in [5, 5.41) is 0. The maximum absolute atomic E-state index is 10.8. The van der Waals surface area contributed by atoms with E-state index in [0.717, 1.165) is 25.7 Å². The molecule has 4 heteroatoms. The van der Waals surface area contributed by atoms with Gasteiger partial charge in [-0.05, 0) is 36.0 Å². The van der Waals surface area contributed by atoms with Crippen molar-refractivity contribution in [1.29, 1.82) is 0 Å². The Hall–Kier alpha value is -0.0900. The smallest absolute Gasteiger partial charge is 0.264 e. The number of hydrogen-bond acceptors (Lipinski definition) is 2. The van der Waals surface area contributed by atoms with Crippen LogP contribution in [0.1, 0.15) is 73.6 Å². The van der Waals surface area contributed by atoms with Crippen LogP contribution < -0.4 is 0 Å². The van der Waals surface area contributed by atoms with Crippen molar-refractivity contribution in [2.75, 3.05) is 5.75 Å². The first-order valence-corrected chi connectivity index (χ1v) is 8.99. The molecule has 0 aromatic carbocycles. The average Bonchev–Trinajstić information content (AvgIpc) is 2.26. The predicted molar refractivity (Wildman–Crippen MR) is 81.9 cm³/mol. The third-order valence-electron chi connectivity index (χ3n) is 4.73. The van der Waals surface area contributed by atoms with E-state index in [1.165, 1.54) is 0 Å².